The Balaban J connectivity index is 1.78. The van der Waals surface area contributed by atoms with E-state index in [1.165, 1.54) is 23.4 Å². The van der Waals surface area contributed by atoms with E-state index in [0.717, 1.165) is 12.1 Å². The van der Waals surface area contributed by atoms with Crippen LogP contribution in [0.1, 0.15) is 21.7 Å². The topological polar surface area (TPSA) is 73.0 Å². The van der Waals surface area contributed by atoms with Crippen molar-refractivity contribution in [2.75, 3.05) is 5.32 Å². The molecular formula is C19H12ClF3N4O2. The standard InChI is InChI=1S/C19H12ClF3N4O2/c1-10-12-3-2-4-13(20)17(12)29-16(10)18(28)26-14-7-11(19(21,22)23)5-6-15(14)27-9-24-8-25-27/h2-9H,1H3,(H,26,28). The lowest BCUT2D eigenvalue weighted by molar-refractivity contribution is -0.137. The number of hydrogen-bond donors (Lipinski definition) is 1. The molecule has 2 aromatic carbocycles. The lowest BCUT2D eigenvalue weighted by Gasteiger charge is -2.14. The highest BCUT2D eigenvalue weighted by atomic mass is 35.5. The van der Waals surface area contributed by atoms with Gasteiger partial charge in [0.1, 0.15) is 12.7 Å². The first-order valence-electron chi connectivity index (χ1n) is 8.31. The molecule has 0 radical (unpaired) electrons. The number of furan rings is 1. The van der Waals surface area contributed by atoms with Gasteiger partial charge in [-0.05, 0) is 31.2 Å². The molecule has 0 atom stereocenters. The number of halogens is 4. The first-order valence-corrected chi connectivity index (χ1v) is 8.68. The third-order valence-corrected chi connectivity index (χ3v) is 4.66. The van der Waals surface area contributed by atoms with E-state index < -0.39 is 17.6 Å². The molecule has 10 heteroatoms. The second-order valence-corrected chi connectivity index (χ2v) is 6.60. The summed E-state index contributed by atoms with van der Waals surface area (Å²) in [4.78, 5) is 16.6. The van der Waals surface area contributed by atoms with Crippen molar-refractivity contribution in [3.63, 3.8) is 0 Å². The average molecular weight is 421 g/mol. The minimum atomic E-state index is -4.58. The number of aromatic nitrogens is 3. The fourth-order valence-corrected chi connectivity index (χ4v) is 3.16. The van der Waals surface area contributed by atoms with Crippen LogP contribution in [0.25, 0.3) is 16.7 Å². The Morgan fingerprint density at radius 1 is 1.24 bits per heavy atom. The molecule has 0 aliphatic heterocycles. The molecule has 2 aromatic heterocycles. The summed E-state index contributed by atoms with van der Waals surface area (Å²) in [5.41, 5.74) is 0.0598. The molecule has 0 saturated carbocycles. The molecule has 4 aromatic rings. The van der Waals surface area contributed by atoms with Crippen LogP contribution in [0.4, 0.5) is 18.9 Å². The number of para-hydroxylation sites is 1. The third kappa shape index (κ3) is 3.44. The maximum absolute atomic E-state index is 13.2. The van der Waals surface area contributed by atoms with E-state index in [1.807, 2.05) is 0 Å². The summed E-state index contributed by atoms with van der Waals surface area (Å²) in [6.07, 6.45) is -2.04. The van der Waals surface area contributed by atoms with Gasteiger partial charge in [-0.15, -0.1) is 0 Å². The molecule has 2 heterocycles. The molecule has 148 valence electrons. The molecule has 0 aliphatic carbocycles. The van der Waals surface area contributed by atoms with E-state index in [0.29, 0.717) is 21.6 Å². The van der Waals surface area contributed by atoms with Crippen LogP contribution in [0, 0.1) is 6.92 Å². The number of hydrogen-bond acceptors (Lipinski definition) is 4. The normalized spacial score (nSPS) is 11.8. The van der Waals surface area contributed by atoms with Crippen molar-refractivity contribution in [3.8, 4) is 5.69 Å². The summed E-state index contributed by atoms with van der Waals surface area (Å²) < 4.78 is 46.3. The van der Waals surface area contributed by atoms with Gasteiger partial charge in [-0.2, -0.15) is 18.3 Å². The van der Waals surface area contributed by atoms with Gasteiger partial charge >= 0.3 is 6.18 Å². The molecule has 0 aliphatic rings. The van der Waals surface area contributed by atoms with Crippen molar-refractivity contribution in [2.45, 2.75) is 13.1 Å². The van der Waals surface area contributed by atoms with Crippen LogP contribution in [0.2, 0.25) is 5.02 Å². The van der Waals surface area contributed by atoms with Gasteiger partial charge in [-0.3, -0.25) is 4.79 Å². The average Bonchev–Trinajstić information content (AvgIpc) is 3.30. The summed E-state index contributed by atoms with van der Waals surface area (Å²) >= 11 is 6.10. The zero-order chi connectivity index (χ0) is 20.8. The van der Waals surface area contributed by atoms with Crippen molar-refractivity contribution in [3.05, 3.63) is 71.0 Å². The number of nitrogens with zero attached hydrogens (tertiary/aromatic N) is 3. The van der Waals surface area contributed by atoms with Gasteiger partial charge in [-0.25, -0.2) is 9.67 Å². The molecular weight excluding hydrogens is 409 g/mol. The Kier molecular flexibility index (Phi) is 4.54. The number of carbonyl (C=O) groups excluding carboxylic acids is 1. The van der Waals surface area contributed by atoms with Crippen LogP contribution in [0.5, 0.6) is 0 Å². The van der Waals surface area contributed by atoms with Crippen LogP contribution >= 0.6 is 11.6 Å². The quantitative estimate of drug-likeness (QED) is 0.491. The number of nitrogens with one attached hydrogen (secondary N) is 1. The predicted octanol–water partition coefficient (Wildman–Crippen LogP) is 5.25. The van der Waals surface area contributed by atoms with E-state index in [2.05, 4.69) is 15.4 Å². The van der Waals surface area contributed by atoms with Crippen LogP contribution in [0.3, 0.4) is 0 Å². The molecule has 4 rings (SSSR count). The SMILES string of the molecule is Cc1c(C(=O)Nc2cc(C(F)(F)F)ccc2-n2cncn2)oc2c(Cl)cccc12. The fourth-order valence-electron chi connectivity index (χ4n) is 2.95. The number of aryl methyl sites for hydroxylation is 1. The zero-order valence-electron chi connectivity index (χ0n) is 14.8. The van der Waals surface area contributed by atoms with Crippen molar-refractivity contribution >= 4 is 34.2 Å². The molecule has 6 nitrogen and oxygen atoms in total. The molecule has 0 unspecified atom stereocenters. The van der Waals surface area contributed by atoms with Crippen LogP contribution < -0.4 is 5.32 Å². The van der Waals surface area contributed by atoms with Gasteiger partial charge < -0.3 is 9.73 Å². The molecule has 0 saturated heterocycles. The number of carbonyl (C=O) groups is 1. The van der Waals surface area contributed by atoms with Crippen LogP contribution in [-0.2, 0) is 6.18 Å². The summed E-state index contributed by atoms with van der Waals surface area (Å²) in [6.45, 7) is 1.67. The lowest BCUT2D eigenvalue weighted by atomic mass is 10.1. The highest BCUT2D eigenvalue weighted by molar-refractivity contribution is 6.35. The number of amides is 1. The van der Waals surface area contributed by atoms with Gasteiger partial charge in [0.05, 0.1) is 22.0 Å². The highest BCUT2D eigenvalue weighted by Crippen LogP contribution is 2.34. The van der Waals surface area contributed by atoms with E-state index in [9.17, 15) is 18.0 Å². The Bertz CT molecular complexity index is 1220. The Morgan fingerprint density at radius 3 is 2.69 bits per heavy atom. The Hall–Kier alpha value is -3.33. The largest absolute Gasteiger partial charge is 0.449 e. The minimum absolute atomic E-state index is 0.0462. The highest BCUT2D eigenvalue weighted by Gasteiger charge is 2.32. The van der Waals surface area contributed by atoms with Crippen molar-refractivity contribution in [1.29, 1.82) is 0 Å². The van der Waals surface area contributed by atoms with Crippen molar-refractivity contribution in [2.24, 2.45) is 0 Å². The summed E-state index contributed by atoms with van der Waals surface area (Å²) in [7, 11) is 0. The second-order valence-electron chi connectivity index (χ2n) is 6.20. The Morgan fingerprint density at radius 2 is 2.03 bits per heavy atom. The second kappa shape index (κ2) is 6.93. The maximum atomic E-state index is 13.2. The number of anilines is 1. The first-order chi connectivity index (χ1) is 13.8. The first kappa shape index (κ1) is 19.0. The van der Waals surface area contributed by atoms with Gasteiger partial charge in [-0.1, -0.05) is 23.7 Å². The third-order valence-electron chi connectivity index (χ3n) is 4.36. The van der Waals surface area contributed by atoms with E-state index >= 15 is 0 Å². The lowest BCUT2D eigenvalue weighted by Crippen LogP contribution is -2.16. The number of alkyl halides is 3. The van der Waals surface area contributed by atoms with Gasteiger partial charge in [0.15, 0.2) is 11.3 Å². The van der Waals surface area contributed by atoms with Crippen LogP contribution in [-0.4, -0.2) is 20.7 Å². The Labute approximate surface area is 166 Å². The molecule has 29 heavy (non-hydrogen) atoms. The number of benzene rings is 2. The smallest absolute Gasteiger partial charge is 0.416 e. The molecule has 1 amide bonds. The van der Waals surface area contributed by atoms with E-state index in [-0.39, 0.29) is 17.1 Å². The van der Waals surface area contributed by atoms with Gasteiger partial charge in [0, 0.05) is 10.9 Å². The van der Waals surface area contributed by atoms with Gasteiger partial charge in [0.25, 0.3) is 5.91 Å². The van der Waals surface area contributed by atoms with Crippen molar-refractivity contribution in [1.82, 2.24) is 14.8 Å². The maximum Gasteiger partial charge on any atom is 0.416 e. The van der Waals surface area contributed by atoms with E-state index in [1.54, 1.807) is 25.1 Å². The monoisotopic (exact) mass is 420 g/mol. The minimum Gasteiger partial charge on any atom is -0.449 e. The molecule has 1 N–H and O–H groups in total. The summed E-state index contributed by atoms with van der Waals surface area (Å²) in [5.74, 6) is -0.759. The van der Waals surface area contributed by atoms with Gasteiger partial charge in [0.2, 0.25) is 0 Å². The number of rotatable bonds is 3. The van der Waals surface area contributed by atoms with E-state index in [4.69, 9.17) is 16.0 Å². The van der Waals surface area contributed by atoms with Crippen LogP contribution in [0.15, 0.2) is 53.5 Å². The number of fused-ring (bicyclic) bond motifs is 1. The molecule has 0 spiro atoms. The molecule has 0 fully saturated rings. The fraction of sp³-hybridized carbons (Fsp3) is 0.105. The summed E-state index contributed by atoms with van der Waals surface area (Å²) in [6, 6.07) is 8.00. The summed E-state index contributed by atoms with van der Waals surface area (Å²) in [5, 5.41) is 7.37. The van der Waals surface area contributed by atoms with Crippen molar-refractivity contribution < 1.29 is 22.4 Å². The molecule has 0 bridgehead atoms. The zero-order valence-corrected chi connectivity index (χ0v) is 15.5. The predicted molar refractivity (Wildman–Crippen MR) is 100 cm³/mol.